The van der Waals surface area contributed by atoms with E-state index in [9.17, 15) is 14.1 Å². The fraction of sp³-hybridized carbons (Fsp3) is 0. The second-order valence-electron chi connectivity index (χ2n) is 2.06. The van der Waals surface area contributed by atoms with Gasteiger partial charge in [-0.1, -0.05) is 0 Å². The zero-order valence-electron chi connectivity index (χ0n) is 5.82. The number of nitrogens with zero attached hydrogens (tertiary/aromatic N) is 1. The number of aromatic hydroxyl groups is 1. The average Bonchev–Trinajstić information content (AvgIpc) is 2.03. The van der Waals surface area contributed by atoms with Gasteiger partial charge in [-0.2, -0.15) is 0 Å². The third kappa shape index (κ3) is 1.45. The van der Waals surface area contributed by atoms with Gasteiger partial charge in [0.05, 0.1) is 5.56 Å². The number of hydrogen-bond donors (Lipinski definition) is 1. The summed E-state index contributed by atoms with van der Waals surface area (Å²) in [5.74, 6) is -2.46. The van der Waals surface area contributed by atoms with Gasteiger partial charge in [0.25, 0.3) is 0 Å². The van der Waals surface area contributed by atoms with Gasteiger partial charge < -0.3 is 5.11 Å². The minimum Gasteiger partial charge on any atom is -0.508 e. The molecule has 0 aliphatic heterocycles. The molecule has 1 amide bonds. The van der Waals surface area contributed by atoms with Crippen molar-refractivity contribution in [2.24, 2.45) is 5.18 Å². The first kappa shape index (κ1) is 8.32. The Labute approximate surface area is 66.6 Å². The van der Waals surface area contributed by atoms with Gasteiger partial charge in [0.1, 0.15) is 11.6 Å². The van der Waals surface area contributed by atoms with Crippen molar-refractivity contribution in [1.82, 2.24) is 0 Å². The molecule has 0 radical (unpaired) electrons. The summed E-state index contributed by atoms with van der Waals surface area (Å²) in [6.07, 6.45) is 0. The lowest BCUT2D eigenvalue weighted by Crippen LogP contribution is -1.96. The van der Waals surface area contributed by atoms with Crippen LogP contribution in [-0.4, -0.2) is 11.0 Å². The van der Waals surface area contributed by atoms with Crippen LogP contribution in [-0.2, 0) is 0 Å². The van der Waals surface area contributed by atoms with Crippen LogP contribution in [0.25, 0.3) is 0 Å². The van der Waals surface area contributed by atoms with Gasteiger partial charge in [0, 0.05) is 11.2 Å². The Morgan fingerprint density at radius 3 is 2.67 bits per heavy atom. The van der Waals surface area contributed by atoms with E-state index in [0.717, 1.165) is 18.2 Å². The summed E-state index contributed by atoms with van der Waals surface area (Å²) >= 11 is 0. The minimum atomic E-state index is -1.19. The first-order valence-corrected chi connectivity index (χ1v) is 3.01. The number of phenolic OH excluding ortho intramolecular Hbond substituents is 1. The van der Waals surface area contributed by atoms with Crippen molar-refractivity contribution >= 4 is 5.91 Å². The lowest BCUT2D eigenvalue weighted by molar-refractivity contribution is 0.0997. The molecule has 0 aromatic heterocycles. The van der Waals surface area contributed by atoms with Crippen molar-refractivity contribution in [1.29, 1.82) is 0 Å². The highest BCUT2D eigenvalue weighted by Crippen LogP contribution is 2.15. The van der Waals surface area contributed by atoms with Crippen LogP contribution in [0.2, 0.25) is 0 Å². The van der Waals surface area contributed by atoms with E-state index in [2.05, 4.69) is 0 Å². The van der Waals surface area contributed by atoms with E-state index in [1.54, 1.807) is 0 Å². The summed E-state index contributed by atoms with van der Waals surface area (Å²) in [7, 11) is 0. The van der Waals surface area contributed by atoms with E-state index >= 15 is 0 Å². The first-order chi connectivity index (χ1) is 5.65. The highest BCUT2D eigenvalue weighted by Gasteiger charge is 2.11. The molecular weight excluding hydrogens is 165 g/mol. The molecule has 0 saturated heterocycles. The number of benzene rings is 1. The third-order valence-electron chi connectivity index (χ3n) is 1.27. The maximum atomic E-state index is 12.7. The standard InChI is InChI=1S/C7H4FNO3/c8-6-3-4(10)1-2-5(6)7(11)9-12/h1-3,10H. The van der Waals surface area contributed by atoms with Gasteiger partial charge in [-0.05, 0) is 12.1 Å². The van der Waals surface area contributed by atoms with Gasteiger partial charge in [-0.3, -0.25) is 4.79 Å². The number of hydrogen-bond acceptors (Lipinski definition) is 3. The predicted octanol–water partition coefficient (Wildman–Crippen LogP) is 1.44. The van der Waals surface area contributed by atoms with E-state index in [1.807, 2.05) is 5.18 Å². The summed E-state index contributed by atoms with van der Waals surface area (Å²) < 4.78 is 12.7. The number of rotatable bonds is 1. The van der Waals surface area contributed by atoms with Crippen LogP contribution >= 0.6 is 0 Å². The highest BCUT2D eigenvalue weighted by molar-refractivity contribution is 5.95. The van der Waals surface area contributed by atoms with Gasteiger partial charge in [0.2, 0.25) is 0 Å². The molecule has 0 bridgehead atoms. The molecule has 0 atom stereocenters. The van der Waals surface area contributed by atoms with Crippen LogP contribution in [0.3, 0.4) is 0 Å². The Kier molecular flexibility index (Phi) is 2.14. The molecule has 1 N–H and O–H groups in total. The van der Waals surface area contributed by atoms with Crippen LogP contribution in [0.1, 0.15) is 10.4 Å². The molecule has 62 valence electrons. The van der Waals surface area contributed by atoms with Crippen LogP contribution in [0, 0.1) is 10.7 Å². The number of carbonyl (C=O) groups is 1. The Hall–Kier alpha value is -1.78. The second kappa shape index (κ2) is 3.08. The molecule has 4 nitrogen and oxygen atoms in total. The summed E-state index contributed by atoms with van der Waals surface area (Å²) in [6.45, 7) is 0. The van der Waals surface area contributed by atoms with E-state index in [4.69, 9.17) is 5.11 Å². The molecule has 0 aliphatic carbocycles. The van der Waals surface area contributed by atoms with Crippen LogP contribution in [0.15, 0.2) is 23.4 Å². The molecule has 0 fully saturated rings. The van der Waals surface area contributed by atoms with Crippen LogP contribution in [0.5, 0.6) is 5.75 Å². The predicted molar refractivity (Wildman–Crippen MR) is 38.2 cm³/mol. The SMILES string of the molecule is O=NC(=O)c1ccc(O)cc1F. The summed E-state index contributed by atoms with van der Waals surface area (Å²) in [6, 6.07) is 2.83. The van der Waals surface area contributed by atoms with Crippen molar-refractivity contribution < 1.29 is 14.3 Å². The molecule has 0 unspecified atom stereocenters. The number of amides is 1. The van der Waals surface area contributed by atoms with Crippen molar-refractivity contribution in [2.45, 2.75) is 0 Å². The summed E-state index contributed by atoms with van der Waals surface area (Å²) in [4.78, 5) is 20.3. The van der Waals surface area contributed by atoms with Crippen LogP contribution < -0.4 is 0 Å². The topological polar surface area (TPSA) is 66.7 Å². The molecule has 1 aromatic carbocycles. The molecule has 0 heterocycles. The fourth-order valence-electron chi connectivity index (χ4n) is 0.727. The van der Waals surface area contributed by atoms with E-state index in [-0.39, 0.29) is 5.75 Å². The average molecular weight is 169 g/mol. The maximum Gasteiger partial charge on any atom is 0.319 e. The lowest BCUT2D eigenvalue weighted by atomic mass is 10.2. The lowest BCUT2D eigenvalue weighted by Gasteiger charge is -1.95. The Bertz CT molecular complexity index is 337. The zero-order chi connectivity index (χ0) is 9.14. The van der Waals surface area contributed by atoms with Crippen molar-refractivity contribution in [3.05, 3.63) is 34.5 Å². The minimum absolute atomic E-state index is 0.310. The Morgan fingerprint density at radius 1 is 1.50 bits per heavy atom. The van der Waals surface area contributed by atoms with Gasteiger partial charge in [0.15, 0.2) is 0 Å². The monoisotopic (exact) mass is 169 g/mol. The first-order valence-electron chi connectivity index (χ1n) is 3.01. The number of nitroso groups, excluding NO2 is 1. The second-order valence-corrected chi connectivity index (χ2v) is 2.06. The van der Waals surface area contributed by atoms with Crippen molar-refractivity contribution in [3.63, 3.8) is 0 Å². The quantitative estimate of drug-likeness (QED) is 0.646. The number of phenols is 1. The van der Waals surface area contributed by atoms with Gasteiger partial charge in [-0.25, -0.2) is 4.39 Å². The summed E-state index contributed by atoms with van der Waals surface area (Å²) in [5.41, 5.74) is -0.442. The molecular formula is C7H4FNO3. The molecule has 0 spiro atoms. The molecule has 5 heteroatoms. The largest absolute Gasteiger partial charge is 0.508 e. The smallest absolute Gasteiger partial charge is 0.319 e. The van der Waals surface area contributed by atoms with Gasteiger partial charge in [-0.15, -0.1) is 4.91 Å². The zero-order valence-corrected chi connectivity index (χ0v) is 5.82. The molecule has 0 saturated carbocycles. The van der Waals surface area contributed by atoms with Gasteiger partial charge >= 0.3 is 5.91 Å². The summed E-state index contributed by atoms with van der Waals surface area (Å²) in [5, 5.41) is 10.8. The van der Waals surface area contributed by atoms with E-state index < -0.39 is 17.3 Å². The maximum absolute atomic E-state index is 12.7. The Balaban J connectivity index is 3.18. The van der Waals surface area contributed by atoms with E-state index in [0.29, 0.717) is 0 Å². The molecule has 1 aromatic rings. The normalized spacial score (nSPS) is 9.42. The number of halogens is 1. The van der Waals surface area contributed by atoms with Crippen LogP contribution in [0.4, 0.5) is 4.39 Å². The molecule has 12 heavy (non-hydrogen) atoms. The van der Waals surface area contributed by atoms with Crippen molar-refractivity contribution in [2.75, 3.05) is 0 Å². The highest BCUT2D eigenvalue weighted by atomic mass is 19.1. The molecule has 0 aliphatic rings. The Morgan fingerprint density at radius 2 is 2.17 bits per heavy atom. The van der Waals surface area contributed by atoms with Crippen molar-refractivity contribution in [3.8, 4) is 5.75 Å². The fourth-order valence-corrected chi connectivity index (χ4v) is 0.727. The number of carbonyl (C=O) groups excluding carboxylic acids is 1. The third-order valence-corrected chi connectivity index (χ3v) is 1.27. The molecule has 1 rings (SSSR count). The van der Waals surface area contributed by atoms with E-state index in [1.165, 1.54) is 0 Å².